The highest BCUT2D eigenvalue weighted by atomic mass is 15.2. The SMILES string of the molecule is CN(C)[C@@H](CN)c1cnn(C)c1. The largest absolute Gasteiger partial charge is 0.329 e. The first-order valence-electron chi connectivity index (χ1n) is 4.00. The van der Waals surface area contributed by atoms with Crippen molar-refractivity contribution in [1.82, 2.24) is 14.7 Å². The molecule has 0 spiro atoms. The van der Waals surface area contributed by atoms with Crippen LogP contribution in [0.2, 0.25) is 0 Å². The Labute approximate surface area is 73.0 Å². The summed E-state index contributed by atoms with van der Waals surface area (Å²) in [5.41, 5.74) is 6.81. The zero-order chi connectivity index (χ0) is 9.14. The molecule has 0 saturated carbocycles. The van der Waals surface area contributed by atoms with Crippen LogP contribution in [0.1, 0.15) is 11.6 Å². The molecule has 68 valence electrons. The van der Waals surface area contributed by atoms with E-state index in [9.17, 15) is 0 Å². The summed E-state index contributed by atoms with van der Waals surface area (Å²) in [5, 5.41) is 4.10. The minimum absolute atomic E-state index is 0.277. The summed E-state index contributed by atoms with van der Waals surface area (Å²) in [5.74, 6) is 0. The van der Waals surface area contributed by atoms with E-state index in [2.05, 4.69) is 10.00 Å². The van der Waals surface area contributed by atoms with Gasteiger partial charge in [-0.15, -0.1) is 0 Å². The van der Waals surface area contributed by atoms with Gasteiger partial charge < -0.3 is 10.6 Å². The molecule has 0 aliphatic rings. The zero-order valence-corrected chi connectivity index (χ0v) is 7.86. The summed E-state index contributed by atoms with van der Waals surface area (Å²) >= 11 is 0. The predicted octanol–water partition coefficient (Wildman–Crippen LogP) is -0.0185. The molecule has 4 nitrogen and oxygen atoms in total. The van der Waals surface area contributed by atoms with Crippen molar-refractivity contribution in [3.05, 3.63) is 18.0 Å². The second kappa shape index (κ2) is 3.69. The first kappa shape index (κ1) is 9.22. The number of nitrogens with two attached hydrogens (primary N) is 1. The third kappa shape index (κ3) is 1.84. The molecule has 0 aliphatic carbocycles. The molecule has 1 aromatic rings. The monoisotopic (exact) mass is 168 g/mol. The molecular weight excluding hydrogens is 152 g/mol. The first-order chi connectivity index (χ1) is 5.65. The van der Waals surface area contributed by atoms with Crippen LogP contribution in [0, 0.1) is 0 Å². The van der Waals surface area contributed by atoms with Crippen LogP contribution in [0.3, 0.4) is 0 Å². The second-order valence-corrected chi connectivity index (χ2v) is 3.16. The van der Waals surface area contributed by atoms with Crippen molar-refractivity contribution in [3.63, 3.8) is 0 Å². The number of nitrogens with zero attached hydrogens (tertiary/aromatic N) is 3. The van der Waals surface area contributed by atoms with Crippen molar-refractivity contribution in [2.24, 2.45) is 12.8 Å². The Hall–Kier alpha value is -0.870. The van der Waals surface area contributed by atoms with Crippen LogP contribution in [0.5, 0.6) is 0 Å². The third-order valence-corrected chi connectivity index (χ3v) is 1.96. The van der Waals surface area contributed by atoms with E-state index in [-0.39, 0.29) is 6.04 Å². The number of aromatic nitrogens is 2. The van der Waals surface area contributed by atoms with E-state index in [0.29, 0.717) is 6.54 Å². The Morgan fingerprint density at radius 3 is 2.67 bits per heavy atom. The van der Waals surface area contributed by atoms with E-state index < -0.39 is 0 Å². The van der Waals surface area contributed by atoms with Gasteiger partial charge in [0.25, 0.3) is 0 Å². The summed E-state index contributed by atoms with van der Waals surface area (Å²) in [7, 11) is 5.95. The first-order valence-corrected chi connectivity index (χ1v) is 4.00. The summed E-state index contributed by atoms with van der Waals surface area (Å²) in [4.78, 5) is 2.09. The normalized spacial score (nSPS) is 13.8. The van der Waals surface area contributed by atoms with Crippen LogP contribution >= 0.6 is 0 Å². The molecule has 0 bridgehead atoms. The van der Waals surface area contributed by atoms with Gasteiger partial charge in [-0.2, -0.15) is 5.10 Å². The molecule has 0 aliphatic heterocycles. The minimum Gasteiger partial charge on any atom is -0.329 e. The molecule has 12 heavy (non-hydrogen) atoms. The minimum atomic E-state index is 0.277. The van der Waals surface area contributed by atoms with Crippen LogP contribution in [0.25, 0.3) is 0 Å². The Morgan fingerprint density at radius 2 is 2.33 bits per heavy atom. The zero-order valence-electron chi connectivity index (χ0n) is 7.86. The summed E-state index contributed by atoms with van der Waals surface area (Å²) in [6.45, 7) is 0.624. The molecular formula is C8H16N4. The molecule has 0 fully saturated rings. The molecule has 0 amide bonds. The molecule has 4 heteroatoms. The van der Waals surface area contributed by atoms with Gasteiger partial charge in [0.15, 0.2) is 0 Å². The fraction of sp³-hybridized carbons (Fsp3) is 0.625. The molecule has 1 heterocycles. The standard InChI is InChI=1S/C8H16N4/c1-11(2)8(4-9)7-5-10-12(3)6-7/h5-6,8H,4,9H2,1-3H3/t8-/m0/s1. The third-order valence-electron chi connectivity index (χ3n) is 1.96. The van der Waals surface area contributed by atoms with Crippen LogP contribution in [0.15, 0.2) is 12.4 Å². The van der Waals surface area contributed by atoms with Crippen LogP contribution in [-0.2, 0) is 7.05 Å². The van der Waals surface area contributed by atoms with Crippen molar-refractivity contribution in [1.29, 1.82) is 0 Å². The smallest absolute Gasteiger partial charge is 0.0538 e. The topological polar surface area (TPSA) is 47.1 Å². The van der Waals surface area contributed by atoms with Crippen LogP contribution in [0.4, 0.5) is 0 Å². The lowest BCUT2D eigenvalue weighted by Gasteiger charge is -2.20. The van der Waals surface area contributed by atoms with Gasteiger partial charge in [-0.05, 0) is 14.1 Å². The average Bonchev–Trinajstić information content (AvgIpc) is 2.37. The van der Waals surface area contributed by atoms with Crippen molar-refractivity contribution in [3.8, 4) is 0 Å². The summed E-state index contributed by atoms with van der Waals surface area (Å²) < 4.78 is 1.79. The van der Waals surface area contributed by atoms with Crippen molar-refractivity contribution >= 4 is 0 Å². The molecule has 1 aromatic heterocycles. The van der Waals surface area contributed by atoms with Gasteiger partial charge in [-0.1, -0.05) is 0 Å². The molecule has 0 unspecified atom stereocenters. The van der Waals surface area contributed by atoms with Crippen molar-refractivity contribution in [2.45, 2.75) is 6.04 Å². The number of hydrogen-bond acceptors (Lipinski definition) is 3. The lowest BCUT2D eigenvalue weighted by atomic mass is 10.1. The maximum atomic E-state index is 5.64. The quantitative estimate of drug-likeness (QED) is 0.690. The van der Waals surface area contributed by atoms with Crippen molar-refractivity contribution in [2.75, 3.05) is 20.6 Å². The van der Waals surface area contributed by atoms with Gasteiger partial charge in [-0.3, -0.25) is 4.68 Å². The van der Waals surface area contributed by atoms with Gasteiger partial charge in [0.1, 0.15) is 0 Å². The van der Waals surface area contributed by atoms with Gasteiger partial charge in [0.2, 0.25) is 0 Å². The molecule has 2 N–H and O–H groups in total. The Bertz CT molecular complexity index is 241. The lowest BCUT2D eigenvalue weighted by Crippen LogP contribution is -2.26. The molecule has 1 atom stereocenters. The number of likely N-dealkylation sites (N-methyl/N-ethyl adjacent to an activating group) is 1. The molecule has 0 saturated heterocycles. The number of aryl methyl sites for hydroxylation is 1. The fourth-order valence-corrected chi connectivity index (χ4v) is 1.26. The van der Waals surface area contributed by atoms with Crippen molar-refractivity contribution < 1.29 is 0 Å². The highest BCUT2D eigenvalue weighted by Crippen LogP contribution is 2.14. The van der Waals surface area contributed by atoms with Gasteiger partial charge in [0.05, 0.1) is 6.20 Å². The average molecular weight is 168 g/mol. The predicted molar refractivity (Wildman–Crippen MR) is 48.7 cm³/mol. The van der Waals surface area contributed by atoms with Gasteiger partial charge in [-0.25, -0.2) is 0 Å². The maximum Gasteiger partial charge on any atom is 0.0538 e. The Balaban J connectivity index is 2.80. The van der Waals surface area contributed by atoms with E-state index in [0.717, 1.165) is 0 Å². The number of rotatable bonds is 3. The molecule has 0 aromatic carbocycles. The number of hydrogen-bond donors (Lipinski definition) is 1. The molecule has 1 rings (SSSR count). The van der Waals surface area contributed by atoms with E-state index in [1.165, 1.54) is 5.56 Å². The van der Waals surface area contributed by atoms with E-state index in [1.807, 2.05) is 33.5 Å². The highest BCUT2D eigenvalue weighted by molar-refractivity contribution is 5.10. The van der Waals surface area contributed by atoms with Crippen LogP contribution < -0.4 is 5.73 Å². The van der Waals surface area contributed by atoms with E-state index >= 15 is 0 Å². The van der Waals surface area contributed by atoms with Gasteiger partial charge in [0, 0.05) is 31.4 Å². The highest BCUT2D eigenvalue weighted by Gasteiger charge is 2.12. The lowest BCUT2D eigenvalue weighted by molar-refractivity contribution is 0.306. The molecule has 0 radical (unpaired) electrons. The Morgan fingerprint density at radius 1 is 1.67 bits per heavy atom. The maximum absolute atomic E-state index is 5.64. The summed E-state index contributed by atoms with van der Waals surface area (Å²) in [6, 6.07) is 0.277. The van der Waals surface area contributed by atoms with E-state index in [4.69, 9.17) is 5.73 Å². The summed E-state index contributed by atoms with van der Waals surface area (Å²) in [6.07, 6.45) is 3.86. The fourth-order valence-electron chi connectivity index (χ4n) is 1.26. The van der Waals surface area contributed by atoms with Gasteiger partial charge >= 0.3 is 0 Å². The van der Waals surface area contributed by atoms with Crippen LogP contribution in [-0.4, -0.2) is 35.3 Å². The Kier molecular flexibility index (Phi) is 2.83. The second-order valence-electron chi connectivity index (χ2n) is 3.16. The van der Waals surface area contributed by atoms with E-state index in [1.54, 1.807) is 4.68 Å².